The normalized spacial score (nSPS) is 10.1. The van der Waals surface area contributed by atoms with Crippen molar-refractivity contribution >= 4 is 27.5 Å². The molecule has 0 saturated carbocycles. The number of hydrogen-bond acceptors (Lipinski definition) is 3. The van der Waals surface area contributed by atoms with Gasteiger partial charge in [-0.3, -0.25) is 4.79 Å². The molecule has 1 N–H and O–H groups in total. The fraction of sp³-hybridized carbons (Fsp3) is 0.0909. The molecule has 16 heavy (non-hydrogen) atoms. The van der Waals surface area contributed by atoms with E-state index < -0.39 is 0 Å². The molecule has 0 saturated heterocycles. The monoisotopic (exact) mass is 280 g/mol. The van der Waals surface area contributed by atoms with Crippen LogP contribution in [0.25, 0.3) is 0 Å². The molecule has 0 bridgehead atoms. The van der Waals surface area contributed by atoms with Gasteiger partial charge in [0.2, 0.25) is 5.76 Å². The van der Waals surface area contributed by atoms with E-state index in [1.54, 1.807) is 0 Å². The van der Waals surface area contributed by atoms with Crippen molar-refractivity contribution in [3.05, 3.63) is 46.3 Å². The minimum Gasteiger partial charge on any atom is -0.351 e. The second-order valence-corrected chi connectivity index (χ2v) is 4.21. The zero-order chi connectivity index (χ0) is 11.5. The number of amides is 1. The Morgan fingerprint density at radius 3 is 2.88 bits per heavy atom. The summed E-state index contributed by atoms with van der Waals surface area (Å²) in [6.45, 7) is 1.92. The molecule has 82 valence electrons. The van der Waals surface area contributed by atoms with Crippen molar-refractivity contribution in [1.29, 1.82) is 0 Å². The lowest BCUT2D eigenvalue weighted by molar-refractivity contribution is 0.0988. The van der Waals surface area contributed by atoms with Crippen molar-refractivity contribution in [1.82, 2.24) is 5.16 Å². The molecule has 0 aliphatic rings. The Bertz CT molecular complexity index is 509. The fourth-order valence-corrected chi connectivity index (χ4v) is 1.76. The number of carbonyl (C=O) groups is 1. The van der Waals surface area contributed by atoms with Gasteiger partial charge in [0.25, 0.3) is 5.91 Å². The zero-order valence-electron chi connectivity index (χ0n) is 8.53. The van der Waals surface area contributed by atoms with E-state index in [0.717, 1.165) is 15.7 Å². The average Bonchev–Trinajstić information content (AvgIpc) is 2.75. The Morgan fingerprint density at radius 1 is 1.44 bits per heavy atom. The second kappa shape index (κ2) is 4.49. The summed E-state index contributed by atoms with van der Waals surface area (Å²) in [4.78, 5) is 11.7. The number of hydrogen-bond donors (Lipinski definition) is 1. The van der Waals surface area contributed by atoms with Gasteiger partial charge >= 0.3 is 0 Å². The lowest BCUT2D eigenvalue weighted by Gasteiger charge is -2.06. The lowest BCUT2D eigenvalue weighted by atomic mass is 10.2. The van der Waals surface area contributed by atoms with Gasteiger partial charge in [0, 0.05) is 16.2 Å². The molecule has 5 heteroatoms. The predicted octanol–water partition coefficient (Wildman–Crippen LogP) is 3.00. The Balaban J connectivity index is 2.18. The molecule has 2 rings (SSSR count). The van der Waals surface area contributed by atoms with Gasteiger partial charge in [-0.1, -0.05) is 21.1 Å². The molecule has 0 aliphatic carbocycles. The number of halogens is 1. The first-order valence-corrected chi connectivity index (χ1v) is 5.44. The standard InChI is InChI=1S/C11H9BrN2O2/c1-7-6-8(12)2-3-9(7)14-11(15)10-4-5-13-16-10/h2-6H,1H3,(H,14,15). The summed E-state index contributed by atoms with van der Waals surface area (Å²) < 4.78 is 5.73. The maximum atomic E-state index is 11.7. The number of anilines is 1. The minimum absolute atomic E-state index is 0.197. The summed E-state index contributed by atoms with van der Waals surface area (Å²) in [5, 5.41) is 6.22. The number of nitrogens with one attached hydrogen (secondary N) is 1. The molecule has 1 aromatic heterocycles. The highest BCUT2D eigenvalue weighted by atomic mass is 79.9. The quantitative estimate of drug-likeness (QED) is 0.920. The summed E-state index contributed by atoms with van der Waals surface area (Å²) >= 11 is 3.36. The van der Waals surface area contributed by atoms with Crippen molar-refractivity contribution in [3.63, 3.8) is 0 Å². The number of aromatic nitrogens is 1. The lowest BCUT2D eigenvalue weighted by Crippen LogP contribution is -2.11. The van der Waals surface area contributed by atoms with Crippen LogP contribution >= 0.6 is 15.9 Å². The SMILES string of the molecule is Cc1cc(Br)ccc1NC(=O)c1ccno1. The third kappa shape index (κ3) is 2.30. The molecule has 0 aliphatic heterocycles. The van der Waals surface area contributed by atoms with Crippen molar-refractivity contribution in [2.75, 3.05) is 5.32 Å². The number of carbonyl (C=O) groups excluding carboxylic acids is 1. The first-order chi connectivity index (χ1) is 7.66. The summed E-state index contributed by atoms with van der Waals surface area (Å²) in [7, 11) is 0. The Labute approximate surface area is 101 Å². The highest BCUT2D eigenvalue weighted by Gasteiger charge is 2.10. The van der Waals surface area contributed by atoms with Crippen molar-refractivity contribution < 1.29 is 9.32 Å². The van der Waals surface area contributed by atoms with E-state index in [2.05, 4.69) is 26.4 Å². The fourth-order valence-electron chi connectivity index (χ4n) is 1.28. The minimum atomic E-state index is -0.303. The van der Waals surface area contributed by atoms with E-state index in [4.69, 9.17) is 4.52 Å². The van der Waals surface area contributed by atoms with E-state index >= 15 is 0 Å². The Kier molecular flexibility index (Phi) is 3.05. The molecule has 1 heterocycles. The van der Waals surface area contributed by atoms with Gasteiger partial charge in [-0.15, -0.1) is 0 Å². The van der Waals surface area contributed by atoms with Crippen LogP contribution in [0, 0.1) is 6.92 Å². The molecule has 0 fully saturated rings. The topological polar surface area (TPSA) is 55.1 Å². The molecule has 4 nitrogen and oxygen atoms in total. The molecular formula is C11H9BrN2O2. The summed E-state index contributed by atoms with van der Waals surface area (Å²) in [6, 6.07) is 7.14. The predicted molar refractivity (Wildman–Crippen MR) is 63.3 cm³/mol. The summed E-state index contributed by atoms with van der Waals surface area (Å²) in [5.41, 5.74) is 1.73. The number of aryl methyl sites for hydroxylation is 1. The Hall–Kier alpha value is -1.62. The smallest absolute Gasteiger partial charge is 0.294 e. The maximum Gasteiger partial charge on any atom is 0.294 e. The van der Waals surface area contributed by atoms with Crippen LogP contribution in [0.4, 0.5) is 5.69 Å². The van der Waals surface area contributed by atoms with Gasteiger partial charge in [-0.05, 0) is 30.7 Å². The van der Waals surface area contributed by atoms with Crippen LogP contribution in [0.3, 0.4) is 0 Å². The van der Waals surface area contributed by atoms with Crippen LogP contribution in [0.5, 0.6) is 0 Å². The summed E-state index contributed by atoms with van der Waals surface area (Å²) in [6.07, 6.45) is 1.43. The number of nitrogens with zero attached hydrogens (tertiary/aromatic N) is 1. The zero-order valence-corrected chi connectivity index (χ0v) is 10.1. The first-order valence-electron chi connectivity index (χ1n) is 4.65. The number of benzene rings is 1. The third-order valence-electron chi connectivity index (χ3n) is 2.10. The van der Waals surface area contributed by atoms with Crippen LogP contribution in [0.1, 0.15) is 16.1 Å². The maximum absolute atomic E-state index is 11.7. The molecule has 0 radical (unpaired) electrons. The van der Waals surface area contributed by atoms with Crippen LogP contribution < -0.4 is 5.32 Å². The third-order valence-corrected chi connectivity index (χ3v) is 2.59. The molecule has 0 unspecified atom stereocenters. The van der Waals surface area contributed by atoms with Crippen LogP contribution in [-0.4, -0.2) is 11.1 Å². The van der Waals surface area contributed by atoms with E-state index in [1.807, 2.05) is 25.1 Å². The molecule has 2 aromatic rings. The second-order valence-electron chi connectivity index (χ2n) is 3.29. The van der Waals surface area contributed by atoms with Gasteiger partial charge in [-0.25, -0.2) is 0 Å². The molecule has 0 atom stereocenters. The largest absolute Gasteiger partial charge is 0.351 e. The van der Waals surface area contributed by atoms with Crippen molar-refractivity contribution in [2.24, 2.45) is 0 Å². The number of rotatable bonds is 2. The van der Waals surface area contributed by atoms with Gasteiger partial charge in [0.1, 0.15) is 0 Å². The van der Waals surface area contributed by atoms with E-state index in [1.165, 1.54) is 12.3 Å². The molecule has 1 aromatic carbocycles. The van der Waals surface area contributed by atoms with Gasteiger partial charge in [0.15, 0.2) is 0 Å². The highest BCUT2D eigenvalue weighted by molar-refractivity contribution is 9.10. The van der Waals surface area contributed by atoms with Crippen LogP contribution in [-0.2, 0) is 0 Å². The summed E-state index contributed by atoms with van der Waals surface area (Å²) in [5.74, 6) is -0.106. The van der Waals surface area contributed by atoms with Gasteiger partial charge < -0.3 is 9.84 Å². The molecular weight excluding hydrogens is 272 g/mol. The Morgan fingerprint density at radius 2 is 2.25 bits per heavy atom. The van der Waals surface area contributed by atoms with Gasteiger partial charge in [0.05, 0.1) is 6.20 Å². The first kappa shape index (κ1) is 10.9. The average molecular weight is 281 g/mol. The van der Waals surface area contributed by atoms with Crippen LogP contribution in [0.2, 0.25) is 0 Å². The van der Waals surface area contributed by atoms with Crippen molar-refractivity contribution in [2.45, 2.75) is 6.92 Å². The van der Waals surface area contributed by atoms with E-state index in [0.29, 0.717) is 0 Å². The molecule has 0 spiro atoms. The van der Waals surface area contributed by atoms with Crippen molar-refractivity contribution in [3.8, 4) is 0 Å². The molecule has 1 amide bonds. The van der Waals surface area contributed by atoms with Crippen LogP contribution in [0.15, 0.2) is 39.5 Å². The highest BCUT2D eigenvalue weighted by Crippen LogP contribution is 2.20. The van der Waals surface area contributed by atoms with E-state index in [-0.39, 0.29) is 11.7 Å². The van der Waals surface area contributed by atoms with Gasteiger partial charge in [-0.2, -0.15) is 0 Å². The van der Waals surface area contributed by atoms with E-state index in [9.17, 15) is 4.79 Å².